The van der Waals surface area contributed by atoms with Crippen LogP contribution in [0.1, 0.15) is 16.1 Å². The van der Waals surface area contributed by atoms with Gasteiger partial charge in [0.1, 0.15) is 11.8 Å². The molecule has 0 aromatic carbocycles. The van der Waals surface area contributed by atoms with Crippen LogP contribution >= 0.6 is 0 Å². The third kappa shape index (κ3) is 3.07. The Morgan fingerprint density at radius 2 is 2.19 bits per heavy atom. The zero-order valence-corrected chi connectivity index (χ0v) is 10.3. The number of carboxylic acids is 1. The van der Waals surface area contributed by atoms with Gasteiger partial charge in [-0.05, 0) is 6.07 Å². The normalized spacial score (nSPS) is 9.67. The topological polar surface area (TPSA) is 139 Å². The van der Waals surface area contributed by atoms with Gasteiger partial charge < -0.3 is 9.84 Å². The van der Waals surface area contributed by atoms with Gasteiger partial charge in [-0.25, -0.2) is 4.79 Å². The van der Waals surface area contributed by atoms with Crippen LogP contribution < -0.4 is 4.74 Å². The lowest BCUT2D eigenvalue weighted by atomic mass is 10.3. The molecule has 0 radical (unpaired) electrons. The van der Waals surface area contributed by atoms with Crippen LogP contribution in [0.15, 0.2) is 30.6 Å². The number of rotatable bonds is 4. The van der Waals surface area contributed by atoms with Crippen LogP contribution in [0.2, 0.25) is 0 Å². The highest BCUT2D eigenvalue weighted by Crippen LogP contribution is 2.24. The van der Waals surface area contributed by atoms with Crippen molar-refractivity contribution in [3.8, 4) is 17.7 Å². The van der Waals surface area contributed by atoms with Crippen LogP contribution in [-0.4, -0.2) is 26.0 Å². The number of pyridine rings is 2. The first-order chi connectivity index (χ1) is 10.0. The second-order valence-electron chi connectivity index (χ2n) is 3.70. The van der Waals surface area contributed by atoms with E-state index in [1.165, 1.54) is 18.3 Å². The molecule has 0 aliphatic heterocycles. The lowest BCUT2D eigenvalue weighted by Crippen LogP contribution is -1.99. The number of ether oxygens (including phenoxy) is 1. The molecule has 1 N–H and O–H groups in total. The third-order valence-corrected chi connectivity index (χ3v) is 2.33. The van der Waals surface area contributed by atoms with Gasteiger partial charge in [-0.3, -0.25) is 15.1 Å². The molecule has 21 heavy (non-hydrogen) atoms. The van der Waals surface area contributed by atoms with Gasteiger partial charge in [-0.1, -0.05) is 0 Å². The summed E-state index contributed by atoms with van der Waals surface area (Å²) in [5.41, 5.74) is -0.933. The molecule has 0 bridgehead atoms. The first-order valence-corrected chi connectivity index (χ1v) is 5.43. The van der Waals surface area contributed by atoms with E-state index < -0.39 is 22.3 Å². The van der Waals surface area contributed by atoms with Crippen LogP contribution in [0, 0.1) is 21.4 Å². The van der Waals surface area contributed by atoms with Gasteiger partial charge in [-0.2, -0.15) is 10.2 Å². The molecule has 0 aliphatic rings. The Labute approximate surface area is 117 Å². The fourth-order valence-corrected chi connectivity index (χ4v) is 1.43. The van der Waals surface area contributed by atoms with E-state index in [0.717, 1.165) is 12.3 Å². The largest absolute Gasteiger partial charge is 0.478 e. The van der Waals surface area contributed by atoms with Crippen molar-refractivity contribution < 1.29 is 19.6 Å². The first kappa shape index (κ1) is 13.9. The standard InChI is InChI=1S/C12H6N4O5/c13-4-9-10(16(19)20)1-2-11(15-9)21-8-3-7(12(17)18)5-14-6-8/h1-3,5-6H,(H,17,18). The number of carboxylic acid groups (broad SMARTS) is 1. The number of aromatic nitrogens is 2. The molecular formula is C12H6N4O5. The van der Waals surface area contributed by atoms with Crippen LogP contribution in [0.4, 0.5) is 5.69 Å². The third-order valence-electron chi connectivity index (χ3n) is 2.33. The maximum absolute atomic E-state index is 10.8. The molecule has 2 aromatic heterocycles. The van der Waals surface area contributed by atoms with Crippen LogP contribution in [-0.2, 0) is 0 Å². The van der Waals surface area contributed by atoms with Crippen LogP contribution in [0.25, 0.3) is 0 Å². The Kier molecular flexibility index (Phi) is 3.71. The van der Waals surface area contributed by atoms with Gasteiger partial charge in [-0.15, -0.1) is 0 Å². The maximum atomic E-state index is 10.8. The highest BCUT2D eigenvalue weighted by molar-refractivity contribution is 5.87. The van der Waals surface area contributed by atoms with Crippen LogP contribution in [0.5, 0.6) is 11.6 Å². The smallest absolute Gasteiger partial charge is 0.337 e. The van der Waals surface area contributed by atoms with Crippen molar-refractivity contribution in [1.29, 1.82) is 5.26 Å². The van der Waals surface area contributed by atoms with Crippen molar-refractivity contribution in [3.63, 3.8) is 0 Å². The second-order valence-corrected chi connectivity index (χ2v) is 3.70. The van der Waals surface area contributed by atoms with Crippen molar-refractivity contribution in [2.75, 3.05) is 0 Å². The minimum absolute atomic E-state index is 0.0820. The monoisotopic (exact) mass is 286 g/mol. The van der Waals surface area contributed by atoms with Gasteiger partial charge >= 0.3 is 11.7 Å². The van der Waals surface area contributed by atoms with E-state index in [1.807, 2.05) is 0 Å². The molecule has 2 heterocycles. The summed E-state index contributed by atoms with van der Waals surface area (Å²) in [5, 5.41) is 28.3. The summed E-state index contributed by atoms with van der Waals surface area (Å²) in [5.74, 6) is -1.18. The number of nitro groups is 1. The molecule has 0 amide bonds. The Morgan fingerprint density at radius 1 is 1.43 bits per heavy atom. The number of nitrogens with zero attached hydrogens (tertiary/aromatic N) is 4. The molecule has 0 saturated carbocycles. The van der Waals surface area contributed by atoms with E-state index in [4.69, 9.17) is 15.1 Å². The van der Waals surface area contributed by atoms with Gasteiger partial charge in [0.2, 0.25) is 11.6 Å². The predicted octanol–water partition coefficient (Wildman–Crippen LogP) is 1.75. The molecule has 0 unspecified atom stereocenters. The fraction of sp³-hybridized carbons (Fsp3) is 0. The number of nitriles is 1. The molecule has 0 atom stereocenters. The molecule has 9 nitrogen and oxygen atoms in total. The van der Waals surface area contributed by atoms with E-state index >= 15 is 0 Å². The van der Waals surface area contributed by atoms with Gasteiger partial charge in [0, 0.05) is 18.3 Å². The number of hydrogen-bond acceptors (Lipinski definition) is 7. The fourth-order valence-electron chi connectivity index (χ4n) is 1.43. The van der Waals surface area contributed by atoms with Gasteiger partial charge in [0.05, 0.1) is 16.7 Å². The molecule has 2 rings (SSSR count). The number of hydrogen-bond donors (Lipinski definition) is 1. The highest BCUT2D eigenvalue weighted by atomic mass is 16.6. The molecule has 104 valence electrons. The van der Waals surface area contributed by atoms with Gasteiger partial charge in [0.15, 0.2) is 0 Å². The van der Waals surface area contributed by atoms with Crippen molar-refractivity contribution >= 4 is 11.7 Å². The van der Waals surface area contributed by atoms with E-state index in [1.54, 1.807) is 6.07 Å². The van der Waals surface area contributed by atoms with Crippen molar-refractivity contribution in [2.45, 2.75) is 0 Å². The summed E-state index contributed by atoms with van der Waals surface area (Å²) in [7, 11) is 0. The maximum Gasteiger partial charge on any atom is 0.337 e. The summed E-state index contributed by atoms with van der Waals surface area (Å²) in [6.07, 6.45) is 2.39. The molecular weight excluding hydrogens is 280 g/mol. The minimum atomic E-state index is -1.18. The lowest BCUT2D eigenvalue weighted by molar-refractivity contribution is -0.385. The number of carbonyl (C=O) groups is 1. The van der Waals surface area contributed by atoms with E-state index in [2.05, 4.69) is 9.97 Å². The Hall–Kier alpha value is -3.54. The quantitative estimate of drug-likeness (QED) is 0.662. The number of aromatic carboxylic acids is 1. The SMILES string of the molecule is N#Cc1nc(Oc2cncc(C(=O)O)c2)ccc1[N+](=O)[O-]. The molecule has 2 aromatic rings. The van der Waals surface area contributed by atoms with Crippen molar-refractivity contribution in [1.82, 2.24) is 9.97 Å². The zero-order chi connectivity index (χ0) is 15.4. The van der Waals surface area contributed by atoms with E-state index in [0.29, 0.717) is 0 Å². The highest BCUT2D eigenvalue weighted by Gasteiger charge is 2.16. The summed E-state index contributed by atoms with van der Waals surface area (Å²) < 4.78 is 5.24. The Morgan fingerprint density at radius 3 is 2.81 bits per heavy atom. The van der Waals surface area contributed by atoms with E-state index in [-0.39, 0.29) is 17.2 Å². The molecule has 9 heteroatoms. The molecule has 0 aliphatic carbocycles. The Balaban J connectivity index is 2.32. The molecule has 0 fully saturated rings. The summed E-state index contributed by atoms with van der Waals surface area (Å²) in [6.45, 7) is 0. The summed E-state index contributed by atoms with van der Waals surface area (Å²) in [6, 6.07) is 5.08. The summed E-state index contributed by atoms with van der Waals surface area (Å²) in [4.78, 5) is 28.1. The minimum Gasteiger partial charge on any atom is -0.478 e. The van der Waals surface area contributed by atoms with Crippen molar-refractivity contribution in [2.24, 2.45) is 0 Å². The zero-order valence-electron chi connectivity index (χ0n) is 10.3. The van der Waals surface area contributed by atoms with Crippen LogP contribution in [0.3, 0.4) is 0 Å². The average Bonchev–Trinajstić information content (AvgIpc) is 2.47. The first-order valence-electron chi connectivity index (χ1n) is 5.43. The van der Waals surface area contributed by atoms with E-state index in [9.17, 15) is 14.9 Å². The average molecular weight is 286 g/mol. The summed E-state index contributed by atoms with van der Waals surface area (Å²) >= 11 is 0. The van der Waals surface area contributed by atoms with Crippen molar-refractivity contribution in [3.05, 3.63) is 52.0 Å². The Bertz CT molecular complexity index is 768. The van der Waals surface area contributed by atoms with Gasteiger partial charge in [0.25, 0.3) is 0 Å². The predicted molar refractivity (Wildman–Crippen MR) is 66.9 cm³/mol. The molecule has 0 saturated heterocycles. The lowest BCUT2D eigenvalue weighted by Gasteiger charge is -2.05. The second kappa shape index (κ2) is 5.62. The molecule has 0 spiro atoms.